The van der Waals surface area contributed by atoms with Crippen molar-refractivity contribution in [1.29, 1.82) is 0 Å². The van der Waals surface area contributed by atoms with Crippen LogP contribution in [0, 0.1) is 0 Å². The highest BCUT2D eigenvalue weighted by Crippen LogP contribution is 2.33. The summed E-state index contributed by atoms with van der Waals surface area (Å²) in [5.74, 6) is -0.140. The van der Waals surface area contributed by atoms with Gasteiger partial charge < -0.3 is 15.4 Å². The molecule has 0 bridgehead atoms. The fourth-order valence-corrected chi connectivity index (χ4v) is 5.39. The molecule has 0 aliphatic carbocycles. The Balaban J connectivity index is 1.62. The van der Waals surface area contributed by atoms with Crippen molar-refractivity contribution in [2.45, 2.75) is 4.90 Å². The zero-order valence-electron chi connectivity index (χ0n) is 21.8. The summed E-state index contributed by atoms with van der Waals surface area (Å²) in [7, 11) is -0.684. The van der Waals surface area contributed by atoms with Crippen molar-refractivity contribution in [1.82, 2.24) is 10.3 Å². The third-order valence-corrected chi connectivity index (χ3v) is 7.75. The van der Waals surface area contributed by atoms with E-state index >= 15 is 0 Å². The zero-order chi connectivity index (χ0) is 28.3. The third-order valence-electron chi connectivity index (χ3n) is 6.37. The van der Waals surface area contributed by atoms with E-state index in [0.717, 1.165) is 5.56 Å². The predicted octanol–water partition coefficient (Wildman–Crippen LogP) is 5.62. The normalized spacial score (nSPS) is 11.8. The molecule has 2 amide bonds. The number of fused-ring (bicyclic) bond motifs is 1. The monoisotopic (exact) mass is 553 g/mol. The number of sulfonamides is 1. The molecule has 0 radical (unpaired) electrons. The standard InChI is InChI=1S/C30H27N5O4S/c1-31-30(37)35(2)23-15-13-21(14-16-23)32-28(20-9-5-3-6-10-20)27-25-19-24(17-18-26(25)33-29(27)36)40(38,39)34-22-11-7-4-8-12-22/h3-19,33-34,36H,1-2H3,(H,31,37). The number of urea groups is 1. The van der Waals surface area contributed by atoms with Crippen molar-refractivity contribution < 1.29 is 18.3 Å². The number of amides is 2. The van der Waals surface area contributed by atoms with Crippen LogP contribution >= 0.6 is 0 Å². The number of aliphatic imine (C=N–C) groups is 1. The summed E-state index contributed by atoms with van der Waals surface area (Å²) in [6.07, 6.45) is 0. The molecule has 40 heavy (non-hydrogen) atoms. The zero-order valence-corrected chi connectivity index (χ0v) is 22.6. The van der Waals surface area contributed by atoms with Crippen LogP contribution in [-0.2, 0) is 10.0 Å². The number of anilines is 2. The van der Waals surface area contributed by atoms with Gasteiger partial charge in [0.1, 0.15) is 0 Å². The number of para-hydroxylation sites is 1. The lowest BCUT2D eigenvalue weighted by Gasteiger charge is -2.16. The second kappa shape index (κ2) is 11.0. The fourth-order valence-electron chi connectivity index (χ4n) is 4.31. The van der Waals surface area contributed by atoms with Crippen molar-refractivity contribution >= 4 is 49.7 Å². The predicted molar refractivity (Wildman–Crippen MR) is 158 cm³/mol. The number of aromatic nitrogens is 1. The molecule has 0 fully saturated rings. The minimum absolute atomic E-state index is 0.0399. The van der Waals surface area contributed by atoms with E-state index in [9.17, 15) is 18.3 Å². The van der Waals surface area contributed by atoms with E-state index in [0.29, 0.717) is 39.2 Å². The SMILES string of the molecule is CNC(=O)N(C)c1ccc(N=C(c2ccccc2)c2c(O)[nH]c3ccc(S(=O)(=O)Nc4ccccc4)cc23)cc1. The van der Waals surface area contributed by atoms with Crippen molar-refractivity contribution in [3.63, 3.8) is 0 Å². The van der Waals surface area contributed by atoms with Crippen LogP contribution in [0.3, 0.4) is 0 Å². The molecule has 4 aromatic carbocycles. The van der Waals surface area contributed by atoms with Gasteiger partial charge in [0, 0.05) is 41.9 Å². The molecule has 0 saturated carbocycles. The average molecular weight is 554 g/mol. The number of carbonyl (C=O) groups excluding carboxylic acids is 1. The van der Waals surface area contributed by atoms with Crippen LogP contribution in [0.4, 0.5) is 21.9 Å². The number of nitrogens with zero attached hydrogens (tertiary/aromatic N) is 2. The minimum Gasteiger partial charge on any atom is -0.494 e. The number of aromatic hydroxyl groups is 1. The van der Waals surface area contributed by atoms with Crippen LogP contribution in [-0.4, -0.2) is 44.3 Å². The molecule has 202 valence electrons. The van der Waals surface area contributed by atoms with Gasteiger partial charge in [-0.15, -0.1) is 0 Å². The van der Waals surface area contributed by atoms with Crippen molar-refractivity contribution in [2.75, 3.05) is 23.7 Å². The third kappa shape index (κ3) is 5.38. The quantitative estimate of drug-likeness (QED) is 0.195. The van der Waals surface area contributed by atoms with E-state index in [1.165, 1.54) is 17.0 Å². The number of hydrogen-bond donors (Lipinski definition) is 4. The smallest absolute Gasteiger partial charge is 0.321 e. The average Bonchev–Trinajstić information content (AvgIpc) is 3.30. The van der Waals surface area contributed by atoms with E-state index in [1.54, 1.807) is 74.8 Å². The van der Waals surface area contributed by atoms with E-state index < -0.39 is 10.0 Å². The Morgan fingerprint density at radius 1 is 0.900 bits per heavy atom. The molecule has 5 aromatic rings. The molecular weight excluding hydrogens is 526 g/mol. The summed E-state index contributed by atoms with van der Waals surface area (Å²) < 4.78 is 29.0. The summed E-state index contributed by atoms with van der Waals surface area (Å²) in [4.78, 5) is 21.3. The maximum Gasteiger partial charge on any atom is 0.321 e. The first-order chi connectivity index (χ1) is 19.3. The first-order valence-corrected chi connectivity index (χ1v) is 13.9. The van der Waals surface area contributed by atoms with E-state index in [-0.39, 0.29) is 16.8 Å². The maximum atomic E-state index is 13.2. The Hall–Kier alpha value is -5.09. The number of benzene rings is 4. The Kier molecular flexibility index (Phi) is 7.26. The number of hydrogen-bond acceptors (Lipinski definition) is 5. The van der Waals surface area contributed by atoms with Crippen molar-refractivity contribution in [3.8, 4) is 5.88 Å². The minimum atomic E-state index is -3.91. The van der Waals surface area contributed by atoms with E-state index in [4.69, 9.17) is 4.99 Å². The summed E-state index contributed by atoms with van der Waals surface area (Å²) in [6.45, 7) is 0. The van der Waals surface area contributed by atoms with Gasteiger partial charge in [-0.1, -0.05) is 48.5 Å². The Bertz CT molecular complexity index is 1800. The van der Waals surface area contributed by atoms with Gasteiger partial charge in [-0.2, -0.15) is 0 Å². The molecule has 9 nitrogen and oxygen atoms in total. The van der Waals surface area contributed by atoms with Crippen LogP contribution in [0.5, 0.6) is 5.88 Å². The summed E-state index contributed by atoms with van der Waals surface area (Å²) in [5.41, 5.74) is 3.79. The molecule has 4 N–H and O–H groups in total. The highest BCUT2D eigenvalue weighted by atomic mass is 32.2. The van der Waals surface area contributed by atoms with Crippen LogP contribution in [0.15, 0.2) is 113 Å². The van der Waals surface area contributed by atoms with Crippen molar-refractivity contribution in [3.05, 3.63) is 114 Å². The highest BCUT2D eigenvalue weighted by molar-refractivity contribution is 7.92. The molecule has 1 aromatic heterocycles. The molecule has 1 heterocycles. The van der Waals surface area contributed by atoms with Crippen LogP contribution in [0.1, 0.15) is 11.1 Å². The largest absolute Gasteiger partial charge is 0.494 e. The van der Waals surface area contributed by atoms with Gasteiger partial charge in [-0.05, 0) is 54.6 Å². The topological polar surface area (TPSA) is 127 Å². The van der Waals surface area contributed by atoms with Crippen LogP contribution < -0.4 is 14.9 Å². The van der Waals surface area contributed by atoms with Crippen LogP contribution in [0.2, 0.25) is 0 Å². The maximum absolute atomic E-state index is 13.2. The van der Waals surface area contributed by atoms with Gasteiger partial charge in [0.15, 0.2) is 5.88 Å². The lowest BCUT2D eigenvalue weighted by molar-refractivity contribution is 0.249. The molecular formula is C30H27N5O4S. The van der Waals surface area contributed by atoms with Gasteiger partial charge in [-0.3, -0.25) is 9.62 Å². The lowest BCUT2D eigenvalue weighted by atomic mass is 10.0. The second-order valence-electron chi connectivity index (χ2n) is 8.98. The molecule has 0 aliphatic heterocycles. The fraction of sp³-hybridized carbons (Fsp3) is 0.0667. The Morgan fingerprint density at radius 2 is 1.55 bits per heavy atom. The number of rotatable bonds is 7. The molecule has 0 saturated heterocycles. The van der Waals surface area contributed by atoms with Crippen molar-refractivity contribution in [2.24, 2.45) is 4.99 Å². The lowest BCUT2D eigenvalue weighted by Crippen LogP contribution is -2.34. The highest BCUT2D eigenvalue weighted by Gasteiger charge is 2.22. The molecule has 0 spiro atoms. The van der Waals surface area contributed by atoms with E-state index in [2.05, 4.69) is 15.0 Å². The van der Waals surface area contributed by atoms with Gasteiger partial charge >= 0.3 is 6.03 Å². The molecule has 0 unspecified atom stereocenters. The van der Waals surface area contributed by atoms with Gasteiger partial charge in [0.2, 0.25) is 0 Å². The van der Waals surface area contributed by atoms with Gasteiger partial charge in [0.25, 0.3) is 10.0 Å². The molecule has 10 heteroatoms. The Labute approximate surface area is 231 Å². The summed E-state index contributed by atoms with van der Waals surface area (Å²) >= 11 is 0. The second-order valence-corrected chi connectivity index (χ2v) is 10.7. The Morgan fingerprint density at radius 3 is 2.20 bits per heavy atom. The number of nitrogens with one attached hydrogen (secondary N) is 3. The van der Waals surface area contributed by atoms with Gasteiger partial charge in [-0.25, -0.2) is 18.2 Å². The summed E-state index contributed by atoms with van der Waals surface area (Å²) in [6, 6.07) is 29.4. The molecule has 0 aliphatic rings. The van der Waals surface area contributed by atoms with Crippen LogP contribution in [0.25, 0.3) is 10.9 Å². The van der Waals surface area contributed by atoms with Gasteiger partial charge in [0.05, 0.1) is 21.9 Å². The number of carbonyl (C=O) groups is 1. The molecule has 0 atom stereocenters. The molecule has 5 rings (SSSR count). The summed E-state index contributed by atoms with van der Waals surface area (Å²) in [5, 5.41) is 14.1. The first kappa shape index (κ1) is 26.5. The first-order valence-electron chi connectivity index (χ1n) is 12.4. The van der Waals surface area contributed by atoms with E-state index in [1.807, 2.05) is 30.3 Å². The number of H-pyrrole nitrogens is 1. The number of aromatic amines is 1.